The van der Waals surface area contributed by atoms with E-state index < -0.39 is 0 Å². The molecular weight excluding hydrogens is 216 g/mol. The summed E-state index contributed by atoms with van der Waals surface area (Å²) in [7, 11) is 0. The number of Topliss-reactive ketones (excluding diaryl/α,β-unsaturated/α-hetero) is 2. The maximum atomic E-state index is 11.8. The Balaban J connectivity index is 2.07. The Hall–Kier alpha value is -2.16. The standard InChI is InChI=1S/C14H12O3/c1-10-7-8-14(17-10)13(16)9-12(15)11-5-3-2-4-6-11/h2-8H,9H2,1H3. The van der Waals surface area contributed by atoms with E-state index in [-0.39, 0.29) is 23.7 Å². The van der Waals surface area contributed by atoms with Crippen LogP contribution in [0.1, 0.15) is 33.1 Å². The third-order valence-corrected chi connectivity index (χ3v) is 2.43. The van der Waals surface area contributed by atoms with Gasteiger partial charge in [0.1, 0.15) is 5.76 Å². The highest BCUT2D eigenvalue weighted by molar-refractivity contribution is 6.12. The number of rotatable bonds is 4. The summed E-state index contributed by atoms with van der Waals surface area (Å²) in [6, 6.07) is 12.1. The summed E-state index contributed by atoms with van der Waals surface area (Å²) in [5.41, 5.74) is 0.545. The SMILES string of the molecule is Cc1ccc(C(=O)CC(=O)c2ccccc2)o1. The highest BCUT2D eigenvalue weighted by atomic mass is 16.3. The lowest BCUT2D eigenvalue weighted by molar-refractivity contribution is 0.0877. The fourth-order valence-corrected chi connectivity index (χ4v) is 1.54. The second kappa shape index (κ2) is 4.78. The van der Waals surface area contributed by atoms with E-state index in [0.717, 1.165) is 0 Å². The molecule has 0 atom stereocenters. The lowest BCUT2D eigenvalue weighted by atomic mass is 10.1. The number of aryl methyl sites for hydroxylation is 1. The molecule has 1 aromatic heterocycles. The zero-order chi connectivity index (χ0) is 12.3. The summed E-state index contributed by atoms with van der Waals surface area (Å²) in [6.45, 7) is 1.76. The topological polar surface area (TPSA) is 47.3 Å². The van der Waals surface area contributed by atoms with Crippen LogP contribution in [-0.4, -0.2) is 11.6 Å². The molecule has 0 amide bonds. The zero-order valence-electron chi connectivity index (χ0n) is 9.47. The van der Waals surface area contributed by atoms with Crippen molar-refractivity contribution >= 4 is 11.6 Å². The Bertz CT molecular complexity index is 538. The molecule has 17 heavy (non-hydrogen) atoms. The predicted octanol–water partition coefficient (Wildman–Crippen LogP) is 3.04. The quantitative estimate of drug-likeness (QED) is 0.597. The Labute approximate surface area is 99.1 Å². The van der Waals surface area contributed by atoms with Crippen LogP contribution in [0.4, 0.5) is 0 Å². The van der Waals surface area contributed by atoms with Gasteiger partial charge >= 0.3 is 0 Å². The van der Waals surface area contributed by atoms with Crippen LogP contribution in [0.2, 0.25) is 0 Å². The van der Waals surface area contributed by atoms with Crippen LogP contribution in [0, 0.1) is 6.92 Å². The van der Waals surface area contributed by atoms with E-state index in [1.165, 1.54) is 0 Å². The molecule has 0 saturated heterocycles. The summed E-state index contributed by atoms with van der Waals surface area (Å²) in [5.74, 6) is 0.434. The largest absolute Gasteiger partial charge is 0.458 e. The van der Waals surface area contributed by atoms with Gasteiger partial charge in [0.15, 0.2) is 11.5 Å². The normalized spacial score (nSPS) is 10.2. The first-order valence-electron chi connectivity index (χ1n) is 5.34. The zero-order valence-corrected chi connectivity index (χ0v) is 9.47. The summed E-state index contributed by atoms with van der Waals surface area (Å²) >= 11 is 0. The summed E-state index contributed by atoms with van der Waals surface area (Å²) in [4.78, 5) is 23.5. The van der Waals surface area contributed by atoms with Gasteiger partial charge in [-0.05, 0) is 19.1 Å². The first-order chi connectivity index (χ1) is 8.16. The Morgan fingerprint density at radius 3 is 2.29 bits per heavy atom. The number of carbonyl (C=O) groups excluding carboxylic acids is 2. The minimum atomic E-state index is -0.285. The van der Waals surface area contributed by atoms with Gasteiger partial charge < -0.3 is 4.42 Å². The molecule has 0 N–H and O–H groups in total. The lowest BCUT2D eigenvalue weighted by Gasteiger charge is -1.98. The maximum Gasteiger partial charge on any atom is 0.205 e. The average molecular weight is 228 g/mol. The predicted molar refractivity (Wildman–Crippen MR) is 63.2 cm³/mol. The lowest BCUT2D eigenvalue weighted by Crippen LogP contribution is -2.07. The third kappa shape index (κ3) is 2.69. The monoisotopic (exact) mass is 228 g/mol. The number of ketones is 2. The van der Waals surface area contributed by atoms with Crippen molar-refractivity contribution in [1.82, 2.24) is 0 Å². The van der Waals surface area contributed by atoms with E-state index in [0.29, 0.717) is 11.3 Å². The molecule has 0 bridgehead atoms. The molecule has 2 aromatic rings. The second-order valence-electron chi connectivity index (χ2n) is 3.80. The molecule has 3 heteroatoms. The minimum absolute atomic E-state index is 0.156. The van der Waals surface area contributed by atoms with Crippen molar-refractivity contribution in [3.63, 3.8) is 0 Å². The number of hydrogen-bond donors (Lipinski definition) is 0. The summed E-state index contributed by atoms with van der Waals surface area (Å²) < 4.78 is 5.18. The molecule has 86 valence electrons. The van der Waals surface area contributed by atoms with Crippen LogP contribution < -0.4 is 0 Å². The molecule has 0 aliphatic carbocycles. The van der Waals surface area contributed by atoms with Crippen molar-refractivity contribution < 1.29 is 14.0 Å². The van der Waals surface area contributed by atoms with E-state index in [4.69, 9.17) is 4.42 Å². The third-order valence-electron chi connectivity index (χ3n) is 2.43. The number of furan rings is 1. The van der Waals surface area contributed by atoms with Crippen LogP contribution in [0.3, 0.4) is 0 Å². The van der Waals surface area contributed by atoms with Crippen LogP contribution in [0.15, 0.2) is 46.9 Å². The molecule has 2 rings (SSSR count). The van der Waals surface area contributed by atoms with Crippen LogP contribution in [0.5, 0.6) is 0 Å². The molecule has 0 fully saturated rings. The average Bonchev–Trinajstić information content (AvgIpc) is 2.77. The van der Waals surface area contributed by atoms with Gasteiger partial charge in [-0.1, -0.05) is 30.3 Å². The number of carbonyl (C=O) groups is 2. The van der Waals surface area contributed by atoms with Crippen LogP contribution >= 0.6 is 0 Å². The van der Waals surface area contributed by atoms with Gasteiger partial charge in [-0.15, -0.1) is 0 Å². The van der Waals surface area contributed by atoms with Crippen molar-refractivity contribution in [2.24, 2.45) is 0 Å². The fraction of sp³-hybridized carbons (Fsp3) is 0.143. The van der Waals surface area contributed by atoms with E-state index >= 15 is 0 Å². The summed E-state index contributed by atoms with van der Waals surface area (Å²) in [5, 5.41) is 0. The van der Waals surface area contributed by atoms with Gasteiger partial charge in [0.05, 0.1) is 6.42 Å². The highest BCUT2D eigenvalue weighted by Crippen LogP contribution is 2.11. The molecule has 0 radical (unpaired) electrons. The first kappa shape index (κ1) is 11.3. The van der Waals surface area contributed by atoms with Crippen molar-refractivity contribution in [3.8, 4) is 0 Å². The molecule has 0 spiro atoms. The minimum Gasteiger partial charge on any atom is -0.458 e. The van der Waals surface area contributed by atoms with Crippen LogP contribution in [-0.2, 0) is 0 Å². The van der Waals surface area contributed by atoms with Crippen molar-refractivity contribution in [2.45, 2.75) is 13.3 Å². The molecule has 0 aliphatic rings. The molecule has 0 unspecified atom stereocenters. The van der Waals surface area contributed by atoms with Crippen molar-refractivity contribution in [3.05, 3.63) is 59.5 Å². The molecule has 0 saturated carbocycles. The molecule has 1 aromatic carbocycles. The number of benzene rings is 1. The molecule has 3 nitrogen and oxygen atoms in total. The summed E-state index contributed by atoms with van der Waals surface area (Å²) in [6.07, 6.45) is -0.156. The van der Waals surface area contributed by atoms with E-state index in [1.54, 1.807) is 43.3 Å². The van der Waals surface area contributed by atoms with Gasteiger partial charge in [-0.2, -0.15) is 0 Å². The van der Waals surface area contributed by atoms with Gasteiger partial charge in [0.25, 0.3) is 0 Å². The first-order valence-corrected chi connectivity index (χ1v) is 5.34. The van der Waals surface area contributed by atoms with E-state index in [1.807, 2.05) is 6.07 Å². The second-order valence-corrected chi connectivity index (χ2v) is 3.80. The van der Waals surface area contributed by atoms with Gasteiger partial charge in [0.2, 0.25) is 5.78 Å². The maximum absolute atomic E-state index is 11.8. The van der Waals surface area contributed by atoms with Gasteiger partial charge in [-0.25, -0.2) is 0 Å². The smallest absolute Gasteiger partial charge is 0.205 e. The fourth-order valence-electron chi connectivity index (χ4n) is 1.54. The Kier molecular flexibility index (Phi) is 3.19. The van der Waals surface area contributed by atoms with Crippen LogP contribution in [0.25, 0.3) is 0 Å². The Morgan fingerprint density at radius 1 is 1.00 bits per heavy atom. The number of hydrogen-bond acceptors (Lipinski definition) is 3. The van der Waals surface area contributed by atoms with E-state index in [9.17, 15) is 9.59 Å². The highest BCUT2D eigenvalue weighted by Gasteiger charge is 2.15. The van der Waals surface area contributed by atoms with Gasteiger partial charge in [0, 0.05) is 5.56 Å². The Morgan fingerprint density at radius 2 is 1.71 bits per heavy atom. The van der Waals surface area contributed by atoms with Crippen molar-refractivity contribution in [1.29, 1.82) is 0 Å². The van der Waals surface area contributed by atoms with Gasteiger partial charge in [-0.3, -0.25) is 9.59 Å². The molecule has 1 heterocycles. The van der Waals surface area contributed by atoms with Crippen molar-refractivity contribution in [2.75, 3.05) is 0 Å². The molecule has 0 aliphatic heterocycles. The van der Waals surface area contributed by atoms with E-state index in [2.05, 4.69) is 0 Å². The molecular formula is C14H12O3.